The molecule has 0 aliphatic heterocycles. The molecule has 0 bridgehead atoms. The number of hydrogen-bond acceptors (Lipinski definition) is 1. The largest absolute Gasteiger partial charge is 0.381 e. The second-order valence-electron chi connectivity index (χ2n) is 10.3. The highest BCUT2D eigenvalue weighted by Crippen LogP contribution is 2.27. The first-order valence-electron chi connectivity index (χ1n) is 12.3. The fraction of sp³-hybridized carbons (Fsp3) is 1.00. The lowest BCUT2D eigenvalue weighted by Gasteiger charge is -2.24. The van der Waals surface area contributed by atoms with Crippen molar-refractivity contribution in [3.63, 3.8) is 0 Å². The second-order valence-corrected chi connectivity index (χ2v) is 10.3. The van der Waals surface area contributed by atoms with Crippen molar-refractivity contribution in [2.75, 3.05) is 13.2 Å². The van der Waals surface area contributed by atoms with Crippen LogP contribution in [0.3, 0.4) is 0 Å². The van der Waals surface area contributed by atoms with Gasteiger partial charge in [0.2, 0.25) is 0 Å². The van der Waals surface area contributed by atoms with Crippen LogP contribution in [-0.2, 0) is 4.74 Å². The van der Waals surface area contributed by atoms with Gasteiger partial charge in [0.25, 0.3) is 0 Å². The third kappa shape index (κ3) is 14.6. The van der Waals surface area contributed by atoms with Gasteiger partial charge in [-0.05, 0) is 61.2 Å². The highest BCUT2D eigenvalue weighted by Gasteiger charge is 2.17. The zero-order chi connectivity index (χ0) is 20.7. The molecule has 0 N–H and O–H groups in total. The quantitative estimate of drug-likeness (QED) is 0.215. The molecular formula is C26H54O. The van der Waals surface area contributed by atoms with Crippen molar-refractivity contribution in [3.8, 4) is 0 Å². The first kappa shape index (κ1) is 27.0. The average molecular weight is 383 g/mol. The monoisotopic (exact) mass is 382 g/mol. The molecule has 27 heavy (non-hydrogen) atoms. The molecule has 0 aromatic carbocycles. The van der Waals surface area contributed by atoms with Crippen molar-refractivity contribution in [1.82, 2.24) is 0 Å². The van der Waals surface area contributed by atoms with E-state index >= 15 is 0 Å². The zero-order valence-corrected chi connectivity index (χ0v) is 20.4. The Kier molecular flexibility index (Phi) is 16.8. The molecule has 0 aliphatic carbocycles. The molecular weight excluding hydrogens is 328 g/mol. The highest BCUT2D eigenvalue weighted by molar-refractivity contribution is 4.67. The Bertz CT molecular complexity index is 259. The van der Waals surface area contributed by atoms with Gasteiger partial charge >= 0.3 is 0 Å². The van der Waals surface area contributed by atoms with Gasteiger partial charge in [0.1, 0.15) is 0 Å². The number of hydrogen-bond donors (Lipinski definition) is 0. The predicted octanol–water partition coefficient (Wildman–Crippen LogP) is 8.76. The van der Waals surface area contributed by atoms with E-state index in [2.05, 4.69) is 55.4 Å². The SMILES string of the molecule is CC(C)C(CCCCCCOCCCCCCC(C(C)C)C(C)C)C(C)C. The summed E-state index contributed by atoms with van der Waals surface area (Å²) in [6.45, 7) is 21.0. The van der Waals surface area contributed by atoms with Crippen molar-refractivity contribution in [3.05, 3.63) is 0 Å². The van der Waals surface area contributed by atoms with Crippen molar-refractivity contribution < 1.29 is 4.74 Å². The average Bonchev–Trinajstić information content (AvgIpc) is 2.56. The number of rotatable bonds is 18. The summed E-state index contributed by atoms with van der Waals surface area (Å²) in [6.07, 6.45) is 13.6. The van der Waals surface area contributed by atoms with Crippen molar-refractivity contribution in [1.29, 1.82) is 0 Å². The third-order valence-electron chi connectivity index (χ3n) is 6.58. The molecule has 0 saturated heterocycles. The lowest BCUT2D eigenvalue weighted by Crippen LogP contribution is -2.15. The third-order valence-corrected chi connectivity index (χ3v) is 6.58. The smallest absolute Gasteiger partial charge is 0.0466 e. The standard InChI is InChI=1S/C26H54O/c1-21(2)25(22(3)4)17-13-9-11-15-19-27-20-16-12-10-14-18-26(23(5)6)24(7)8/h21-26H,9-20H2,1-8H3. The van der Waals surface area contributed by atoms with Gasteiger partial charge in [-0.1, -0.05) is 93.9 Å². The Hall–Kier alpha value is -0.0400. The predicted molar refractivity (Wildman–Crippen MR) is 123 cm³/mol. The molecule has 0 atom stereocenters. The molecule has 0 rings (SSSR count). The van der Waals surface area contributed by atoms with E-state index in [4.69, 9.17) is 4.74 Å². The Morgan fingerprint density at radius 2 is 0.704 bits per heavy atom. The van der Waals surface area contributed by atoms with Crippen LogP contribution in [-0.4, -0.2) is 13.2 Å². The minimum atomic E-state index is 0.829. The molecule has 0 radical (unpaired) electrons. The Labute approximate surface area is 173 Å². The van der Waals surface area contributed by atoms with Gasteiger partial charge in [-0.2, -0.15) is 0 Å². The van der Waals surface area contributed by atoms with E-state index in [1.165, 1.54) is 64.2 Å². The van der Waals surface area contributed by atoms with E-state index in [-0.39, 0.29) is 0 Å². The van der Waals surface area contributed by atoms with Crippen LogP contribution in [0.2, 0.25) is 0 Å². The normalized spacial score (nSPS) is 12.7. The van der Waals surface area contributed by atoms with Crippen LogP contribution >= 0.6 is 0 Å². The van der Waals surface area contributed by atoms with Gasteiger partial charge in [-0.3, -0.25) is 0 Å². The van der Waals surface area contributed by atoms with Crippen LogP contribution in [0.15, 0.2) is 0 Å². The Balaban J connectivity index is 3.41. The summed E-state index contributed by atoms with van der Waals surface area (Å²) in [5, 5.41) is 0. The lowest BCUT2D eigenvalue weighted by atomic mass is 9.82. The number of ether oxygens (including phenoxy) is 1. The maximum Gasteiger partial charge on any atom is 0.0466 e. The van der Waals surface area contributed by atoms with E-state index < -0.39 is 0 Å². The first-order chi connectivity index (χ1) is 12.8. The van der Waals surface area contributed by atoms with E-state index in [0.717, 1.165) is 48.7 Å². The summed E-state index contributed by atoms with van der Waals surface area (Å²) >= 11 is 0. The highest BCUT2D eigenvalue weighted by atomic mass is 16.5. The van der Waals surface area contributed by atoms with Crippen molar-refractivity contribution in [2.24, 2.45) is 35.5 Å². The molecule has 0 aliphatic rings. The summed E-state index contributed by atoms with van der Waals surface area (Å²) in [5.41, 5.74) is 0. The van der Waals surface area contributed by atoms with E-state index in [1.807, 2.05) is 0 Å². The summed E-state index contributed by atoms with van der Waals surface area (Å²) < 4.78 is 5.84. The van der Waals surface area contributed by atoms with Crippen LogP contribution in [0.4, 0.5) is 0 Å². The maximum atomic E-state index is 5.84. The summed E-state index contributed by atoms with van der Waals surface area (Å²) in [5.74, 6) is 5.12. The second kappa shape index (κ2) is 16.9. The topological polar surface area (TPSA) is 9.23 Å². The summed E-state index contributed by atoms with van der Waals surface area (Å²) in [6, 6.07) is 0. The van der Waals surface area contributed by atoms with Crippen LogP contribution in [0.25, 0.3) is 0 Å². The van der Waals surface area contributed by atoms with Crippen molar-refractivity contribution >= 4 is 0 Å². The van der Waals surface area contributed by atoms with Crippen molar-refractivity contribution in [2.45, 2.75) is 120 Å². The van der Waals surface area contributed by atoms with Crippen LogP contribution in [0.5, 0.6) is 0 Å². The fourth-order valence-corrected chi connectivity index (χ4v) is 4.85. The van der Waals surface area contributed by atoms with Gasteiger partial charge in [0, 0.05) is 13.2 Å². The zero-order valence-electron chi connectivity index (χ0n) is 20.4. The van der Waals surface area contributed by atoms with Gasteiger partial charge in [-0.25, -0.2) is 0 Å². The van der Waals surface area contributed by atoms with E-state index in [9.17, 15) is 0 Å². The molecule has 0 aromatic rings. The molecule has 164 valence electrons. The Morgan fingerprint density at radius 1 is 0.407 bits per heavy atom. The van der Waals surface area contributed by atoms with Crippen LogP contribution in [0.1, 0.15) is 120 Å². The van der Waals surface area contributed by atoms with E-state index in [0.29, 0.717) is 0 Å². The molecule has 1 heteroatoms. The van der Waals surface area contributed by atoms with Gasteiger partial charge in [0.05, 0.1) is 0 Å². The summed E-state index contributed by atoms with van der Waals surface area (Å²) in [4.78, 5) is 0. The molecule has 0 fully saturated rings. The molecule has 0 unspecified atom stereocenters. The maximum absolute atomic E-state index is 5.84. The molecule has 0 spiro atoms. The van der Waals surface area contributed by atoms with E-state index in [1.54, 1.807) is 0 Å². The van der Waals surface area contributed by atoms with Crippen LogP contribution in [0, 0.1) is 35.5 Å². The molecule has 0 aromatic heterocycles. The first-order valence-corrected chi connectivity index (χ1v) is 12.3. The van der Waals surface area contributed by atoms with Gasteiger partial charge in [0.15, 0.2) is 0 Å². The fourth-order valence-electron chi connectivity index (χ4n) is 4.85. The van der Waals surface area contributed by atoms with Gasteiger partial charge in [-0.15, -0.1) is 0 Å². The Morgan fingerprint density at radius 3 is 1.00 bits per heavy atom. The molecule has 1 nitrogen and oxygen atoms in total. The molecule has 0 heterocycles. The molecule has 0 saturated carbocycles. The minimum Gasteiger partial charge on any atom is -0.381 e. The number of unbranched alkanes of at least 4 members (excludes halogenated alkanes) is 6. The van der Waals surface area contributed by atoms with Gasteiger partial charge < -0.3 is 4.74 Å². The lowest BCUT2D eigenvalue weighted by molar-refractivity contribution is 0.125. The molecule has 0 amide bonds. The minimum absolute atomic E-state index is 0.829. The van der Waals surface area contributed by atoms with Crippen LogP contribution < -0.4 is 0 Å². The summed E-state index contributed by atoms with van der Waals surface area (Å²) in [7, 11) is 0.